The third-order valence-corrected chi connectivity index (χ3v) is 6.10. The van der Waals surface area contributed by atoms with Crippen molar-refractivity contribution in [2.45, 2.75) is 13.1 Å². The average Bonchev–Trinajstić information content (AvgIpc) is 2.80. The molecule has 0 unspecified atom stereocenters. The lowest BCUT2D eigenvalue weighted by Crippen LogP contribution is -2.43. The number of carbonyl (C=O) groups excluding carboxylic acids is 1. The van der Waals surface area contributed by atoms with Gasteiger partial charge in [-0.15, -0.1) is 0 Å². The lowest BCUT2D eigenvalue weighted by Gasteiger charge is -2.39. The number of nitrogens with one attached hydrogen (secondary N) is 1. The number of benzene rings is 4. The number of aromatic hydroxyl groups is 1. The highest BCUT2D eigenvalue weighted by atomic mass is 79.9. The SMILES string of the molecule is CCOc1cccc(N2C(=O)c3cc(Br)ccc3N[C@H]2c2c(O)ccc3ccccc23)c1. The Balaban J connectivity index is 1.75. The average molecular weight is 489 g/mol. The number of nitrogens with zero attached hydrogens (tertiary/aromatic N) is 1. The number of fused-ring (bicyclic) bond motifs is 2. The predicted octanol–water partition coefficient (Wildman–Crippen LogP) is 6.48. The van der Waals surface area contributed by atoms with Gasteiger partial charge < -0.3 is 15.2 Å². The fraction of sp³-hybridized carbons (Fsp3) is 0.115. The summed E-state index contributed by atoms with van der Waals surface area (Å²) in [5.41, 5.74) is 2.59. The zero-order valence-electron chi connectivity index (χ0n) is 17.4. The van der Waals surface area contributed by atoms with Gasteiger partial charge in [-0.25, -0.2) is 0 Å². The minimum Gasteiger partial charge on any atom is -0.507 e. The Morgan fingerprint density at radius 2 is 1.88 bits per heavy atom. The quantitative estimate of drug-likeness (QED) is 0.345. The first-order valence-corrected chi connectivity index (χ1v) is 11.2. The van der Waals surface area contributed by atoms with Gasteiger partial charge in [0.05, 0.1) is 17.9 Å². The van der Waals surface area contributed by atoms with Crippen LogP contribution in [0, 0.1) is 0 Å². The number of halogens is 1. The van der Waals surface area contributed by atoms with Crippen LogP contribution in [0.1, 0.15) is 29.0 Å². The van der Waals surface area contributed by atoms with E-state index in [9.17, 15) is 9.90 Å². The first kappa shape index (κ1) is 20.4. The van der Waals surface area contributed by atoms with Crippen molar-refractivity contribution in [3.05, 3.63) is 94.5 Å². The van der Waals surface area contributed by atoms with Gasteiger partial charge in [0, 0.05) is 21.8 Å². The van der Waals surface area contributed by atoms with Crippen molar-refractivity contribution in [2.24, 2.45) is 0 Å². The summed E-state index contributed by atoms with van der Waals surface area (Å²) in [7, 11) is 0. The molecule has 160 valence electrons. The van der Waals surface area contributed by atoms with E-state index in [0.29, 0.717) is 34.9 Å². The molecule has 4 aromatic carbocycles. The third kappa shape index (κ3) is 3.46. The highest BCUT2D eigenvalue weighted by molar-refractivity contribution is 9.10. The smallest absolute Gasteiger partial charge is 0.262 e. The maximum atomic E-state index is 13.8. The van der Waals surface area contributed by atoms with Gasteiger partial charge in [0.25, 0.3) is 5.91 Å². The number of ether oxygens (including phenoxy) is 1. The first-order valence-electron chi connectivity index (χ1n) is 10.4. The summed E-state index contributed by atoms with van der Waals surface area (Å²) >= 11 is 3.47. The van der Waals surface area contributed by atoms with Crippen molar-refractivity contribution < 1.29 is 14.6 Å². The molecule has 1 amide bonds. The summed E-state index contributed by atoms with van der Waals surface area (Å²) in [6, 6.07) is 24.4. The van der Waals surface area contributed by atoms with E-state index in [4.69, 9.17) is 4.74 Å². The number of hydrogen-bond acceptors (Lipinski definition) is 4. The summed E-state index contributed by atoms with van der Waals surface area (Å²) < 4.78 is 6.50. The number of anilines is 2. The highest BCUT2D eigenvalue weighted by Crippen LogP contribution is 2.43. The van der Waals surface area contributed by atoms with Crippen LogP contribution in [0.15, 0.2) is 83.3 Å². The molecule has 5 rings (SSSR count). The Morgan fingerprint density at radius 3 is 2.72 bits per heavy atom. The van der Waals surface area contributed by atoms with Crippen LogP contribution in [0.4, 0.5) is 11.4 Å². The normalized spacial score (nSPS) is 15.4. The Morgan fingerprint density at radius 1 is 1.03 bits per heavy atom. The van der Waals surface area contributed by atoms with Gasteiger partial charge in [0.2, 0.25) is 0 Å². The van der Waals surface area contributed by atoms with Crippen molar-refractivity contribution >= 4 is 44.0 Å². The van der Waals surface area contributed by atoms with E-state index < -0.39 is 6.17 Å². The highest BCUT2D eigenvalue weighted by Gasteiger charge is 2.36. The molecule has 6 heteroatoms. The first-order chi connectivity index (χ1) is 15.6. The van der Waals surface area contributed by atoms with Crippen molar-refractivity contribution in [1.82, 2.24) is 0 Å². The summed E-state index contributed by atoms with van der Waals surface area (Å²) in [5, 5.41) is 16.3. The molecule has 0 saturated carbocycles. The van der Waals surface area contributed by atoms with Crippen molar-refractivity contribution in [1.29, 1.82) is 0 Å². The van der Waals surface area contributed by atoms with E-state index in [2.05, 4.69) is 21.2 Å². The van der Waals surface area contributed by atoms with E-state index in [1.807, 2.05) is 79.7 Å². The van der Waals surface area contributed by atoms with Crippen LogP contribution in [-0.4, -0.2) is 17.6 Å². The molecule has 0 aromatic heterocycles. The van der Waals surface area contributed by atoms with Gasteiger partial charge in [-0.2, -0.15) is 0 Å². The molecule has 32 heavy (non-hydrogen) atoms. The molecule has 2 N–H and O–H groups in total. The zero-order chi connectivity index (χ0) is 22.2. The standard InChI is InChI=1S/C26H21BrN2O3/c1-2-32-19-8-5-7-18(15-19)29-25(28-22-12-11-17(27)14-21(22)26(29)31)24-20-9-4-3-6-16(20)10-13-23(24)30/h3-15,25,28,30H,2H2,1H3/t25-/m1/s1. The lowest BCUT2D eigenvalue weighted by atomic mass is 9.97. The maximum Gasteiger partial charge on any atom is 0.262 e. The van der Waals surface area contributed by atoms with Crippen LogP contribution in [0.3, 0.4) is 0 Å². The minimum absolute atomic E-state index is 0.125. The topological polar surface area (TPSA) is 61.8 Å². The summed E-state index contributed by atoms with van der Waals surface area (Å²) in [6.45, 7) is 2.45. The number of hydrogen-bond donors (Lipinski definition) is 2. The molecular formula is C26H21BrN2O3. The Kier molecular flexibility index (Phi) is 5.23. The van der Waals surface area contributed by atoms with Crippen LogP contribution < -0.4 is 15.0 Å². The van der Waals surface area contributed by atoms with E-state index >= 15 is 0 Å². The van der Waals surface area contributed by atoms with Crippen LogP contribution >= 0.6 is 15.9 Å². The molecule has 1 heterocycles. The molecule has 5 nitrogen and oxygen atoms in total. The van der Waals surface area contributed by atoms with Crippen molar-refractivity contribution in [3.63, 3.8) is 0 Å². The van der Waals surface area contributed by atoms with Gasteiger partial charge in [0.15, 0.2) is 0 Å². The Hall–Kier alpha value is -3.51. The monoisotopic (exact) mass is 488 g/mol. The number of phenols is 1. The largest absolute Gasteiger partial charge is 0.507 e. The zero-order valence-corrected chi connectivity index (χ0v) is 19.0. The number of rotatable bonds is 4. The molecular weight excluding hydrogens is 468 g/mol. The van der Waals surface area contributed by atoms with Crippen molar-refractivity contribution in [3.8, 4) is 11.5 Å². The van der Waals surface area contributed by atoms with E-state index in [1.54, 1.807) is 11.0 Å². The van der Waals surface area contributed by atoms with E-state index in [1.165, 1.54) is 0 Å². The van der Waals surface area contributed by atoms with E-state index in [0.717, 1.165) is 15.2 Å². The molecule has 0 fully saturated rings. The Bertz CT molecular complexity index is 1340. The molecule has 1 aliphatic heterocycles. The van der Waals surface area contributed by atoms with Gasteiger partial charge in [-0.3, -0.25) is 9.69 Å². The predicted molar refractivity (Wildman–Crippen MR) is 131 cm³/mol. The second kappa shape index (κ2) is 8.20. The van der Waals surface area contributed by atoms with Crippen LogP contribution in [0.5, 0.6) is 11.5 Å². The van der Waals surface area contributed by atoms with Gasteiger partial charge in [-0.05, 0) is 54.1 Å². The van der Waals surface area contributed by atoms with Crippen LogP contribution in [-0.2, 0) is 0 Å². The molecule has 0 saturated heterocycles. The fourth-order valence-corrected chi connectivity index (χ4v) is 4.57. The van der Waals surface area contributed by atoms with Crippen LogP contribution in [0.2, 0.25) is 0 Å². The summed E-state index contributed by atoms with van der Waals surface area (Å²) in [4.78, 5) is 15.5. The van der Waals surface area contributed by atoms with Gasteiger partial charge in [-0.1, -0.05) is 52.3 Å². The maximum absolute atomic E-state index is 13.8. The third-order valence-electron chi connectivity index (χ3n) is 5.61. The second-order valence-electron chi connectivity index (χ2n) is 7.56. The second-order valence-corrected chi connectivity index (χ2v) is 8.48. The number of amides is 1. The number of phenolic OH excluding ortho intramolecular Hbond substituents is 1. The fourth-order valence-electron chi connectivity index (χ4n) is 4.21. The number of carbonyl (C=O) groups is 1. The molecule has 0 radical (unpaired) electrons. The van der Waals surface area contributed by atoms with Gasteiger partial charge >= 0.3 is 0 Å². The lowest BCUT2D eigenvalue weighted by molar-refractivity contribution is 0.0975. The van der Waals surface area contributed by atoms with Crippen LogP contribution in [0.25, 0.3) is 10.8 Å². The van der Waals surface area contributed by atoms with E-state index in [-0.39, 0.29) is 11.7 Å². The minimum atomic E-state index is -0.612. The van der Waals surface area contributed by atoms with Gasteiger partial charge in [0.1, 0.15) is 17.7 Å². The molecule has 0 spiro atoms. The van der Waals surface area contributed by atoms with Crippen molar-refractivity contribution in [2.75, 3.05) is 16.8 Å². The molecule has 0 bridgehead atoms. The Labute approximate surface area is 194 Å². The molecule has 1 aliphatic rings. The summed E-state index contributed by atoms with van der Waals surface area (Å²) in [5.74, 6) is 0.644. The molecule has 1 atom stereocenters. The summed E-state index contributed by atoms with van der Waals surface area (Å²) in [6.07, 6.45) is -0.612. The molecule has 0 aliphatic carbocycles. The molecule has 4 aromatic rings.